The van der Waals surface area contributed by atoms with Gasteiger partial charge in [0.05, 0.1) is 0 Å². The summed E-state index contributed by atoms with van der Waals surface area (Å²) in [6.07, 6.45) is 0.596. The third-order valence-electron chi connectivity index (χ3n) is 4.66. The first kappa shape index (κ1) is 18.6. The van der Waals surface area contributed by atoms with Crippen molar-refractivity contribution in [2.75, 3.05) is 0 Å². The number of carbonyl (C=O) groups excluding carboxylic acids is 1. The van der Waals surface area contributed by atoms with E-state index in [1.165, 1.54) is 13.0 Å². The van der Waals surface area contributed by atoms with Crippen molar-refractivity contribution in [2.24, 2.45) is 5.92 Å². The summed E-state index contributed by atoms with van der Waals surface area (Å²) in [6.45, 7) is 6.91. The molecule has 0 bridgehead atoms. The second kappa shape index (κ2) is 7.05. The second-order valence-electron chi connectivity index (χ2n) is 6.51. The topological polar surface area (TPSA) is 98.0 Å². The molecule has 0 aromatic heterocycles. The van der Waals surface area contributed by atoms with Crippen molar-refractivity contribution in [3.05, 3.63) is 46.0 Å². The Labute approximate surface area is 147 Å². The summed E-state index contributed by atoms with van der Waals surface area (Å²) in [5.74, 6) is -1.85. The summed E-state index contributed by atoms with van der Waals surface area (Å²) in [7, 11) is 0. The van der Waals surface area contributed by atoms with Crippen LogP contribution in [0.2, 0.25) is 0 Å². The van der Waals surface area contributed by atoms with Crippen LogP contribution in [-0.2, 0) is 6.42 Å². The lowest BCUT2D eigenvalue weighted by molar-refractivity contribution is 0.0921. The van der Waals surface area contributed by atoms with Gasteiger partial charge < -0.3 is 20.4 Å². The van der Waals surface area contributed by atoms with Gasteiger partial charge in [0, 0.05) is 23.5 Å². The van der Waals surface area contributed by atoms with E-state index in [9.17, 15) is 25.2 Å². The lowest BCUT2D eigenvalue weighted by Gasteiger charge is -2.18. The molecule has 1 unspecified atom stereocenters. The molecule has 4 N–H and O–H groups in total. The molecule has 0 aliphatic heterocycles. The Morgan fingerprint density at radius 2 is 1.68 bits per heavy atom. The Balaban J connectivity index is 2.64. The molecule has 2 aromatic carbocycles. The number of phenolic OH excluding ortho intramolecular Hbond substituents is 4. The molecule has 2 aromatic rings. The van der Waals surface area contributed by atoms with E-state index < -0.39 is 11.5 Å². The Hall–Kier alpha value is -2.69. The maximum absolute atomic E-state index is 12.6. The van der Waals surface area contributed by atoms with E-state index in [0.717, 1.165) is 5.56 Å². The SMILES string of the molecule is CCC(C)C(=O)c1c(O)c(C)c(O)c(Cc2cc(C)ccc2O)c1O. The lowest BCUT2D eigenvalue weighted by Crippen LogP contribution is -2.12. The fourth-order valence-corrected chi connectivity index (χ4v) is 2.78. The number of aromatic hydroxyl groups is 4. The van der Waals surface area contributed by atoms with Crippen LogP contribution < -0.4 is 0 Å². The molecule has 0 saturated heterocycles. The number of hydrogen-bond acceptors (Lipinski definition) is 5. The number of benzene rings is 2. The summed E-state index contributed by atoms with van der Waals surface area (Å²) in [5, 5.41) is 41.3. The van der Waals surface area contributed by atoms with Crippen molar-refractivity contribution in [1.29, 1.82) is 0 Å². The van der Waals surface area contributed by atoms with Crippen LogP contribution >= 0.6 is 0 Å². The first-order chi connectivity index (χ1) is 11.7. The average molecular weight is 344 g/mol. The summed E-state index contributed by atoms with van der Waals surface area (Å²) in [4.78, 5) is 12.6. The highest BCUT2D eigenvalue weighted by molar-refractivity contribution is 6.03. The van der Waals surface area contributed by atoms with E-state index in [1.54, 1.807) is 19.1 Å². The first-order valence-corrected chi connectivity index (χ1v) is 8.28. The molecule has 0 radical (unpaired) electrons. The van der Waals surface area contributed by atoms with Crippen molar-refractivity contribution in [3.63, 3.8) is 0 Å². The Morgan fingerprint density at radius 3 is 2.28 bits per heavy atom. The summed E-state index contributed by atoms with van der Waals surface area (Å²) in [5.41, 5.74) is 1.50. The number of carbonyl (C=O) groups is 1. The van der Waals surface area contributed by atoms with Gasteiger partial charge in [0.1, 0.15) is 28.6 Å². The van der Waals surface area contributed by atoms with Crippen LogP contribution in [0.1, 0.15) is 52.9 Å². The van der Waals surface area contributed by atoms with Gasteiger partial charge in [-0.05, 0) is 31.9 Å². The van der Waals surface area contributed by atoms with Gasteiger partial charge in [-0.25, -0.2) is 0 Å². The van der Waals surface area contributed by atoms with Gasteiger partial charge >= 0.3 is 0 Å². The number of rotatable bonds is 5. The fraction of sp³-hybridized carbons (Fsp3) is 0.350. The smallest absolute Gasteiger partial charge is 0.173 e. The van der Waals surface area contributed by atoms with Crippen LogP contribution in [-0.4, -0.2) is 26.2 Å². The van der Waals surface area contributed by atoms with Crippen LogP contribution in [0.5, 0.6) is 23.0 Å². The van der Waals surface area contributed by atoms with E-state index in [0.29, 0.717) is 12.0 Å². The van der Waals surface area contributed by atoms with Crippen LogP contribution in [0.25, 0.3) is 0 Å². The molecule has 5 heteroatoms. The number of ketones is 1. The summed E-state index contributed by atoms with van der Waals surface area (Å²) < 4.78 is 0. The summed E-state index contributed by atoms with van der Waals surface area (Å²) >= 11 is 0. The zero-order valence-electron chi connectivity index (χ0n) is 14.9. The third-order valence-corrected chi connectivity index (χ3v) is 4.66. The Bertz CT molecular complexity index is 824. The van der Waals surface area contributed by atoms with Crippen molar-refractivity contribution >= 4 is 5.78 Å². The minimum atomic E-state index is -0.438. The van der Waals surface area contributed by atoms with Gasteiger partial charge in [-0.1, -0.05) is 31.5 Å². The number of hydrogen-bond donors (Lipinski definition) is 4. The van der Waals surface area contributed by atoms with E-state index in [-0.39, 0.29) is 46.3 Å². The highest BCUT2D eigenvalue weighted by atomic mass is 16.3. The van der Waals surface area contributed by atoms with Crippen molar-refractivity contribution < 1.29 is 25.2 Å². The minimum Gasteiger partial charge on any atom is -0.508 e. The van der Waals surface area contributed by atoms with Crippen LogP contribution in [0.3, 0.4) is 0 Å². The number of phenols is 4. The van der Waals surface area contributed by atoms with Gasteiger partial charge in [0.15, 0.2) is 5.78 Å². The van der Waals surface area contributed by atoms with Gasteiger partial charge in [0.2, 0.25) is 0 Å². The fourth-order valence-electron chi connectivity index (χ4n) is 2.78. The molecular formula is C20H24O5. The molecule has 5 nitrogen and oxygen atoms in total. The highest BCUT2D eigenvalue weighted by Crippen LogP contribution is 2.44. The molecule has 134 valence electrons. The molecule has 0 fully saturated rings. The van der Waals surface area contributed by atoms with E-state index in [2.05, 4.69) is 0 Å². The predicted molar refractivity (Wildman–Crippen MR) is 95.6 cm³/mol. The summed E-state index contributed by atoms with van der Waals surface area (Å²) in [6, 6.07) is 5.03. The third kappa shape index (κ3) is 3.40. The maximum atomic E-state index is 12.6. The van der Waals surface area contributed by atoms with Crippen molar-refractivity contribution in [1.82, 2.24) is 0 Å². The normalized spacial score (nSPS) is 12.2. The maximum Gasteiger partial charge on any atom is 0.173 e. The van der Waals surface area contributed by atoms with E-state index in [1.807, 2.05) is 13.8 Å². The van der Waals surface area contributed by atoms with E-state index >= 15 is 0 Å². The number of aryl methyl sites for hydroxylation is 1. The van der Waals surface area contributed by atoms with Crippen molar-refractivity contribution in [2.45, 2.75) is 40.5 Å². The molecule has 0 aliphatic carbocycles. The minimum absolute atomic E-state index is 0.0323. The molecule has 0 saturated carbocycles. The molecule has 2 rings (SSSR count). The quantitative estimate of drug-likeness (QED) is 0.616. The standard InChI is InChI=1S/C20H24O5/c1-5-11(3)17(22)16-19(24)12(4)18(23)14(20(16)25)9-13-8-10(2)6-7-15(13)21/h6-8,11,21,23-25H,5,9H2,1-4H3. The average Bonchev–Trinajstić information content (AvgIpc) is 2.58. The Kier molecular flexibility index (Phi) is 5.26. The molecular weight excluding hydrogens is 320 g/mol. The zero-order valence-corrected chi connectivity index (χ0v) is 14.9. The monoisotopic (exact) mass is 344 g/mol. The van der Waals surface area contributed by atoms with Crippen LogP contribution in [0, 0.1) is 19.8 Å². The zero-order chi connectivity index (χ0) is 18.9. The highest BCUT2D eigenvalue weighted by Gasteiger charge is 2.28. The van der Waals surface area contributed by atoms with Gasteiger partial charge in [0.25, 0.3) is 0 Å². The van der Waals surface area contributed by atoms with Crippen LogP contribution in [0.4, 0.5) is 0 Å². The molecule has 25 heavy (non-hydrogen) atoms. The molecule has 0 spiro atoms. The second-order valence-corrected chi connectivity index (χ2v) is 6.51. The largest absolute Gasteiger partial charge is 0.508 e. The van der Waals surface area contributed by atoms with Gasteiger partial charge in [-0.3, -0.25) is 4.79 Å². The first-order valence-electron chi connectivity index (χ1n) is 8.28. The van der Waals surface area contributed by atoms with E-state index in [4.69, 9.17) is 0 Å². The molecule has 0 heterocycles. The van der Waals surface area contributed by atoms with Crippen LogP contribution in [0.15, 0.2) is 18.2 Å². The number of Topliss-reactive ketones (excluding diaryl/α,β-unsaturated/α-hetero) is 1. The van der Waals surface area contributed by atoms with Gasteiger partial charge in [-0.2, -0.15) is 0 Å². The van der Waals surface area contributed by atoms with Gasteiger partial charge in [-0.15, -0.1) is 0 Å². The predicted octanol–water partition coefficient (Wildman–Crippen LogP) is 3.95. The Morgan fingerprint density at radius 1 is 1.04 bits per heavy atom. The molecule has 0 aliphatic rings. The molecule has 1 atom stereocenters. The van der Waals surface area contributed by atoms with Crippen molar-refractivity contribution in [3.8, 4) is 23.0 Å². The lowest BCUT2D eigenvalue weighted by atomic mass is 9.89. The molecule has 0 amide bonds.